The van der Waals surface area contributed by atoms with E-state index in [9.17, 15) is 4.79 Å². The molecule has 1 aromatic rings. The largest absolute Gasteiger partial charge is 0.414 e. The predicted octanol–water partition coefficient (Wildman–Crippen LogP) is 2.98. The van der Waals surface area contributed by atoms with E-state index in [1.54, 1.807) is 5.51 Å². The van der Waals surface area contributed by atoms with Crippen LogP contribution in [-0.2, 0) is 6.42 Å². The van der Waals surface area contributed by atoms with Crippen molar-refractivity contribution in [3.8, 4) is 5.88 Å². The van der Waals surface area contributed by atoms with E-state index in [1.807, 2.05) is 20.8 Å². The first-order valence-electron chi connectivity index (χ1n) is 5.34. The van der Waals surface area contributed by atoms with Crippen LogP contribution in [0.5, 0.6) is 5.88 Å². The van der Waals surface area contributed by atoms with Gasteiger partial charge in [-0.25, -0.2) is 9.78 Å². The SMILES string of the molecule is CCCc1scnc1OC(=O)NC(C)(C)C. The molecule has 0 aliphatic rings. The van der Waals surface area contributed by atoms with Crippen molar-refractivity contribution in [3.63, 3.8) is 0 Å². The van der Waals surface area contributed by atoms with Gasteiger partial charge in [-0.3, -0.25) is 0 Å². The molecule has 0 saturated carbocycles. The van der Waals surface area contributed by atoms with Gasteiger partial charge >= 0.3 is 6.09 Å². The molecule has 0 bridgehead atoms. The first-order chi connectivity index (χ1) is 7.42. The number of aryl methyl sites for hydroxylation is 1. The van der Waals surface area contributed by atoms with Gasteiger partial charge in [0.05, 0.1) is 10.4 Å². The van der Waals surface area contributed by atoms with Crippen LogP contribution >= 0.6 is 11.3 Å². The van der Waals surface area contributed by atoms with Crippen molar-refractivity contribution in [3.05, 3.63) is 10.4 Å². The van der Waals surface area contributed by atoms with Crippen LogP contribution < -0.4 is 10.1 Å². The number of nitrogens with zero attached hydrogens (tertiary/aromatic N) is 1. The van der Waals surface area contributed by atoms with Crippen molar-refractivity contribution in [2.45, 2.75) is 46.1 Å². The summed E-state index contributed by atoms with van der Waals surface area (Å²) in [7, 11) is 0. The molecule has 0 aliphatic heterocycles. The van der Waals surface area contributed by atoms with Crippen molar-refractivity contribution in [2.24, 2.45) is 0 Å². The Labute approximate surface area is 100 Å². The summed E-state index contributed by atoms with van der Waals surface area (Å²) in [5.41, 5.74) is 1.41. The van der Waals surface area contributed by atoms with Gasteiger partial charge in [0, 0.05) is 5.54 Å². The van der Waals surface area contributed by atoms with Crippen LogP contribution in [-0.4, -0.2) is 16.6 Å². The topological polar surface area (TPSA) is 51.2 Å². The number of hydrogen-bond donors (Lipinski definition) is 1. The maximum absolute atomic E-state index is 11.5. The summed E-state index contributed by atoms with van der Waals surface area (Å²) in [5, 5.41) is 2.73. The summed E-state index contributed by atoms with van der Waals surface area (Å²) in [6.45, 7) is 7.80. The molecule has 4 nitrogen and oxygen atoms in total. The van der Waals surface area contributed by atoms with Crippen LogP contribution in [0.25, 0.3) is 0 Å². The quantitative estimate of drug-likeness (QED) is 0.886. The van der Waals surface area contributed by atoms with Gasteiger partial charge in [-0.2, -0.15) is 0 Å². The highest BCUT2D eigenvalue weighted by Gasteiger charge is 2.17. The zero-order valence-electron chi connectivity index (χ0n) is 10.2. The summed E-state index contributed by atoms with van der Waals surface area (Å²) < 4.78 is 5.16. The van der Waals surface area contributed by atoms with Crippen LogP contribution in [0.1, 0.15) is 39.0 Å². The van der Waals surface area contributed by atoms with E-state index < -0.39 is 6.09 Å². The first-order valence-corrected chi connectivity index (χ1v) is 6.22. The zero-order valence-corrected chi connectivity index (χ0v) is 11.0. The summed E-state index contributed by atoms with van der Waals surface area (Å²) >= 11 is 1.52. The molecule has 0 spiro atoms. The highest BCUT2D eigenvalue weighted by Crippen LogP contribution is 2.22. The van der Waals surface area contributed by atoms with E-state index in [0.29, 0.717) is 5.88 Å². The highest BCUT2D eigenvalue weighted by molar-refractivity contribution is 7.09. The molecule has 0 unspecified atom stereocenters. The molecule has 5 heteroatoms. The molecule has 0 aliphatic carbocycles. The Balaban J connectivity index is 2.59. The summed E-state index contributed by atoms with van der Waals surface area (Å²) in [6, 6.07) is 0. The molecule has 0 aromatic carbocycles. The van der Waals surface area contributed by atoms with Crippen molar-refractivity contribution in [1.29, 1.82) is 0 Å². The molecule has 1 rings (SSSR count). The van der Waals surface area contributed by atoms with Gasteiger partial charge in [0.2, 0.25) is 5.88 Å². The molecule has 1 amide bonds. The Morgan fingerprint density at radius 1 is 1.56 bits per heavy atom. The van der Waals surface area contributed by atoms with E-state index in [1.165, 1.54) is 11.3 Å². The van der Waals surface area contributed by atoms with Crippen LogP contribution in [0.2, 0.25) is 0 Å². The Morgan fingerprint density at radius 2 is 2.25 bits per heavy atom. The number of ether oxygens (including phenoxy) is 1. The average molecular weight is 242 g/mol. The van der Waals surface area contributed by atoms with Gasteiger partial charge < -0.3 is 10.1 Å². The van der Waals surface area contributed by atoms with Crippen LogP contribution in [0, 0.1) is 0 Å². The number of hydrogen-bond acceptors (Lipinski definition) is 4. The molecule has 0 radical (unpaired) electrons. The number of carbonyl (C=O) groups excluding carboxylic acids is 1. The number of amides is 1. The van der Waals surface area contributed by atoms with Crippen molar-refractivity contribution in [2.75, 3.05) is 0 Å². The Morgan fingerprint density at radius 3 is 2.81 bits per heavy atom. The fourth-order valence-corrected chi connectivity index (χ4v) is 1.95. The fourth-order valence-electron chi connectivity index (χ4n) is 1.16. The minimum absolute atomic E-state index is 0.294. The number of carbonyl (C=O) groups is 1. The van der Waals surface area contributed by atoms with E-state index in [0.717, 1.165) is 17.7 Å². The number of aromatic nitrogens is 1. The van der Waals surface area contributed by atoms with E-state index in [4.69, 9.17) is 4.74 Å². The van der Waals surface area contributed by atoms with Crippen LogP contribution in [0.4, 0.5) is 4.79 Å². The zero-order chi connectivity index (χ0) is 12.2. The lowest BCUT2D eigenvalue weighted by Crippen LogP contribution is -2.42. The van der Waals surface area contributed by atoms with Gasteiger partial charge in [-0.15, -0.1) is 11.3 Å². The average Bonchev–Trinajstić information content (AvgIpc) is 2.50. The second-order valence-corrected chi connectivity index (χ2v) is 5.53. The summed E-state index contributed by atoms with van der Waals surface area (Å²) in [5.74, 6) is 0.439. The monoisotopic (exact) mass is 242 g/mol. The third-order valence-electron chi connectivity index (χ3n) is 1.75. The lowest BCUT2D eigenvalue weighted by atomic mass is 10.1. The molecule has 0 fully saturated rings. The Hall–Kier alpha value is -1.10. The molecular formula is C11H18N2O2S. The minimum atomic E-state index is -0.448. The smallest absolute Gasteiger partial charge is 0.390 e. The molecule has 0 saturated heterocycles. The molecule has 1 N–H and O–H groups in total. The first kappa shape index (κ1) is 13.0. The Bertz CT molecular complexity index is 355. The maximum atomic E-state index is 11.5. The van der Waals surface area contributed by atoms with E-state index >= 15 is 0 Å². The second kappa shape index (κ2) is 5.30. The second-order valence-electron chi connectivity index (χ2n) is 4.60. The van der Waals surface area contributed by atoms with Gasteiger partial charge in [-0.05, 0) is 27.2 Å². The predicted molar refractivity (Wildman–Crippen MR) is 65.0 cm³/mol. The minimum Gasteiger partial charge on any atom is -0.390 e. The van der Waals surface area contributed by atoms with Crippen molar-refractivity contribution >= 4 is 17.4 Å². The summed E-state index contributed by atoms with van der Waals surface area (Å²) in [6.07, 6.45) is 1.46. The summed E-state index contributed by atoms with van der Waals surface area (Å²) in [4.78, 5) is 16.6. The third kappa shape index (κ3) is 4.18. The molecule has 90 valence electrons. The van der Waals surface area contributed by atoms with Crippen LogP contribution in [0.3, 0.4) is 0 Å². The number of thiazole rings is 1. The standard InChI is InChI=1S/C11H18N2O2S/c1-5-6-8-9(12-7-16-8)15-10(14)13-11(2,3)4/h7H,5-6H2,1-4H3,(H,13,14). The van der Waals surface area contributed by atoms with Crippen molar-refractivity contribution < 1.29 is 9.53 Å². The van der Waals surface area contributed by atoms with Gasteiger partial charge in [0.15, 0.2) is 0 Å². The van der Waals surface area contributed by atoms with E-state index in [-0.39, 0.29) is 5.54 Å². The number of rotatable bonds is 3. The fraction of sp³-hybridized carbons (Fsp3) is 0.636. The maximum Gasteiger partial charge on any atom is 0.414 e. The molecular weight excluding hydrogens is 224 g/mol. The van der Waals surface area contributed by atoms with Gasteiger partial charge in [0.25, 0.3) is 0 Å². The third-order valence-corrected chi connectivity index (χ3v) is 2.62. The van der Waals surface area contributed by atoms with Gasteiger partial charge in [-0.1, -0.05) is 13.3 Å². The normalized spacial score (nSPS) is 11.2. The Kier molecular flexibility index (Phi) is 4.29. The molecule has 0 atom stereocenters. The van der Waals surface area contributed by atoms with Gasteiger partial charge in [0.1, 0.15) is 0 Å². The lowest BCUT2D eigenvalue weighted by molar-refractivity contribution is 0.188. The van der Waals surface area contributed by atoms with Crippen LogP contribution in [0.15, 0.2) is 5.51 Å². The van der Waals surface area contributed by atoms with E-state index in [2.05, 4.69) is 17.2 Å². The molecule has 16 heavy (non-hydrogen) atoms. The molecule has 1 heterocycles. The molecule has 1 aromatic heterocycles. The van der Waals surface area contributed by atoms with Crippen molar-refractivity contribution in [1.82, 2.24) is 10.3 Å². The lowest BCUT2D eigenvalue weighted by Gasteiger charge is -2.19. The highest BCUT2D eigenvalue weighted by atomic mass is 32.1. The number of nitrogens with one attached hydrogen (secondary N) is 1.